The molecule has 0 aromatic carbocycles. The zero-order chi connectivity index (χ0) is 17.3. The number of rotatable bonds is 5. The topological polar surface area (TPSA) is 87.2 Å². The fourth-order valence-electron chi connectivity index (χ4n) is 3.79. The molecule has 25 heavy (non-hydrogen) atoms. The van der Waals surface area contributed by atoms with Crippen LogP contribution in [0.2, 0.25) is 0 Å². The van der Waals surface area contributed by atoms with Gasteiger partial charge in [-0.3, -0.25) is 4.68 Å². The summed E-state index contributed by atoms with van der Waals surface area (Å²) in [4.78, 5) is 0. The summed E-state index contributed by atoms with van der Waals surface area (Å²) in [6.07, 6.45) is 8.11. The summed E-state index contributed by atoms with van der Waals surface area (Å²) >= 11 is 0. The van der Waals surface area contributed by atoms with E-state index in [9.17, 15) is 8.42 Å². The van der Waals surface area contributed by atoms with E-state index in [2.05, 4.69) is 10.3 Å². The second-order valence-corrected chi connectivity index (χ2v) is 8.99. The van der Waals surface area contributed by atoms with Crippen LogP contribution in [0.4, 0.5) is 0 Å². The number of hydrogen-bond acceptors (Lipinski definition) is 6. The molecule has 0 amide bonds. The molecule has 0 spiro atoms. The van der Waals surface area contributed by atoms with Crippen LogP contribution in [0, 0.1) is 0 Å². The van der Waals surface area contributed by atoms with Gasteiger partial charge in [-0.25, -0.2) is 8.42 Å². The Kier molecular flexibility index (Phi) is 4.64. The molecule has 3 heterocycles. The molecule has 8 heteroatoms. The van der Waals surface area contributed by atoms with Crippen molar-refractivity contribution < 1.29 is 17.7 Å². The Morgan fingerprint density at radius 2 is 2.04 bits per heavy atom. The fraction of sp³-hybridized carbons (Fsp3) is 0.647. The first kappa shape index (κ1) is 16.8. The first-order valence-electron chi connectivity index (χ1n) is 8.89. The summed E-state index contributed by atoms with van der Waals surface area (Å²) in [5, 5.41) is 8.36. The Bertz CT molecular complexity index is 834. The lowest BCUT2D eigenvalue weighted by atomic mass is 9.95. The quantitative estimate of drug-likeness (QED) is 0.809. The van der Waals surface area contributed by atoms with Crippen molar-refractivity contribution in [3.05, 3.63) is 35.0 Å². The largest absolute Gasteiger partial charge is 0.376 e. The van der Waals surface area contributed by atoms with E-state index in [0.29, 0.717) is 31.4 Å². The lowest BCUT2D eigenvalue weighted by Gasteiger charge is -2.24. The summed E-state index contributed by atoms with van der Waals surface area (Å²) in [7, 11) is -3.36. The van der Waals surface area contributed by atoms with Crippen molar-refractivity contribution in [3.8, 4) is 0 Å². The van der Waals surface area contributed by atoms with Gasteiger partial charge in [0.15, 0.2) is 9.84 Å². The van der Waals surface area contributed by atoms with Crippen molar-refractivity contribution >= 4 is 9.84 Å². The van der Waals surface area contributed by atoms with Crippen LogP contribution in [0.1, 0.15) is 60.9 Å². The number of fused-ring (bicyclic) bond motifs is 1. The number of aromatic nitrogens is 3. The van der Waals surface area contributed by atoms with Gasteiger partial charge in [-0.05, 0) is 18.9 Å². The summed E-state index contributed by atoms with van der Waals surface area (Å²) < 4.78 is 38.0. The highest BCUT2D eigenvalue weighted by Gasteiger charge is 2.26. The molecule has 0 unspecified atom stereocenters. The number of ether oxygens (including phenoxy) is 1. The van der Waals surface area contributed by atoms with Crippen molar-refractivity contribution in [3.63, 3.8) is 0 Å². The predicted octanol–water partition coefficient (Wildman–Crippen LogP) is 2.56. The van der Waals surface area contributed by atoms with E-state index in [-0.39, 0.29) is 11.5 Å². The van der Waals surface area contributed by atoms with Gasteiger partial charge in [0, 0.05) is 18.2 Å². The van der Waals surface area contributed by atoms with Crippen LogP contribution in [0.15, 0.2) is 16.8 Å². The Morgan fingerprint density at radius 3 is 2.88 bits per heavy atom. The molecule has 2 aliphatic rings. The Balaban J connectivity index is 1.50. The number of sulfone groups is 1. The zero-order valence-electron chi connectivity index (χ0n) is 14.2. The van der Waals surface area contributed by atoms with Gasteiger partial charge in [0.1, 0.15) is 11.5 Å². The summed E-state index contributed by atoms with van der Waals surface area (Å²) in [5.41, 5.74) is 2.05. The standard InChI is InChI=1S/C17H23N3O4S/c21-25(22,12-16-15-10-23-9-7-17(15)24-19-16)11-14-6-8-18-20(14)13-4-2-1-3-5-13/h6,8,13H,1-5,7,9-12H2. The molecule has 1 saturated carbocycles. The molecule has 2 aromatic heterocycles. The molecule has 0 bridgehead atoms. The second kappa shape index (κ2) is 6.92. The van der Waals surface area contributed by atoms with Gasteiger partial charge in [0.25, 0.3) is 0 Å². The van der Waals surface area contributed by atoms with Crippen LogP contribution in [0.3, 0.4) is 0 Å². The zero-order valence-corrected chi connectivity index (χ0v) is 15.0. The van der Waals surface area contributed by atoms with Crippen LogP contribution in [0.5, 0.6) is 0 Å². The van der Waals surface area contributed by atoms with Crippen LogP contribution in [-0.2, 0) is 39.1 Å². The number of nitrogens with zero attached hydrogens (tertiary/aromatic N) is 3. The molecule has 0 atom stereocenters. The minimum Gasteiger partial charge on any atom is -0.376 e. The minimum absolute atomic E-state index is 0.0218. The van der Waals surface area contributed by atoms with E-state index in [4.69, 9.17) is 9.26 Å². The van der Waals surface area contributed by atoms with Crippen LogP contribution in [0.25, 0.3) is 0 Å². The van der Waals surface area contributed by atoms with Crippen molar-refractivity contribution in [2.24, 2.45) is 0 Å². The molecule has 1 aliphatic heterocycles. The van der Waals surface area contributed by atoms with Crippen molar-refractivity contribution in [1.29, 1.82) is 0 Å². The molecule has 136 valence electrons. The summed E-state index contributed by atoms with van der Waals surface area (Å²) in [6, 6.07) is 2.13. The van der Waals surface area contributed by atoms with E-state index >= 15 is 0 Å². The lowest BCUT2D eigenvalue weighted by molar-refractivity contribution is 0.102. The van der Waals surface area contributed by atoms with Crippen molar-refractivity contribution in [2.75, 3.05) is 6.61 Å². The Hall–Kier alpha value is -1.67. The third-order valence-electron chi connectivity index (χ3n) is 5.07. The molecule has 7 nitrogen and oxygen atoms in total. The average molecular weight is 365 g/mol. The van der Waals surface area contributed by atoms with E-state index in [1.165, 1.54) is 19.3 Å². The van der Waals surface area contributed by atoms with E-state index in [1.54, 1.807) is 6.20 Å². The molecule has 0 saturated heterocycles. The van der Waals surface area contributed by atoms with Crippen LogP contribution < -0.4 is 0 Å². The monoisotopic (exact) mass is 365 g/mol. The van der Waals surface area contributed by atoms with Gasteiger partial charge in [0.05, 0.1) is 36.5 Å². The maximum atomic E-state index is 12.7. The minimum atomic E-state index is -3.36. The molecule has 1 fully saturated rings. The normalized spacial score (nSPS) is 19.0. The van der Waals surface area contributed by atoms with Crippen LogP contribution >= 0.6 is 0 Å². The predicted molar refractivity (Wildman–Crippen MR) is 90.5 cm³/mol. The molecular formula is C17H23N3O4S. The number of hydrogen-bond donors (Lipinski definition) is 0. The molecule has 2 aromatic rings. The molecular weight excluding hydrogens is 342 g/mol. The van der Waals surface area contributed by atoms with Gasteiger partial charge < -0.3 is 9.26 Å². The molecule has 4 rings (SSSR count). The summed E-state index contributed by atoms with van der Waals surface area (Å²) in [5.74, 6) is 0.612. The summed E-state index contributed by atoms with van der Waals surface area (Å²) in [6.45, 7) is 0.971. The molecule has 1 aliphatic carbocycles. The highest BCUT2D eigenvalue weighted by atomic mass is 32.2. The first-order valence-corrected chi connectivity index (χ1v) is 10.7. The highest BCUT2D eigenvalue weighted by Crippen LogP contribution is 2.29. The first-order chi connectivity index (χ1) is 12.1. The smallest absolute Gasteiger partial charge is 0.161 e. The molecule has 0 radical (unpaired) electrons. The van der Waals surface area contributed by atoms with Gasteiger partial charge >= 0.3 is 0 Å². The van der Waals surface area contributed by atoms with Crippen molar-refractivity contribution in [2.45, 2.75) is 62.7 Å². The molecule has 0 N–H and O–H groups in total. The van der Waals surface area contributed by atoms with Gasteiger partial charge in [-0.1, -0.05) is 24.4 Å². The van der Waals surface area contributed by atoms with Gasteiger partial charge in [-0.2, -0.15) is 5.10 Å². The van der Waals surface area contributed by atoms with E-state index in [0.717, 1.165) is 29.9 Å². The Morgan fingerprint density at radius 1 is 1.20 bits per heavy atom. The van der Waals surface area contributed by atoms with Crippen LogP contribution in [-0.4, -0.2) is 30.0 Å². The SMILES string of the molecule is O=S(=O)(Cc1noc2c1COCC2)Cc1ccnn1C1CCCCC1. The average Bonchev–Trinajstić information content (AvgIpc) is 3.22. The fourth-order valence-corrected chi connectivity index (χ4v) is 5.21. The maximum absolute atomic E-state index is 12.7. The van der Waals surface area contributed by atoms with E-state index in [1.807, 2.05) is 10.7 Å². The van der Waals surface area contributed by atoms with Gasteiger partial charge in [0.2, 0.25) is 0 Å². The van der Waals surface area contributed by atoms with Crippen molar-refractivity contribution in [1.82, 2.24) is 14.9 Å². The highest BCUT2D eigenvalue weighted by molar-refractivity contribution is 7.89. The Labute approximate surface area is 147 Å². The third-order valence-corrected chi connectivity index (χ3v) is 6.52. The van der Waals surface area contributed by atoms with Gasteiger partial charge in [-0.15, -0.1) is 0 Å². The second-order valence-electron chi connectivity index (χ2n) is 6.92. The van der Waals surface area contributed by atoms with E-state index < -0.39 is 9.84 Å². The lowest BCUT2D eigenvalue weighted by Crippen LogP contribution is -2.19. The third kappa shape index (κ3) is 3.64. The maximum Gasteiger partial charge on any atom is 0.161 e.